The van der Waals surface area contributed by atoms with E-state index in [1.54, 1.807) is 13.0 Å². The van der Waals surface area contributed by atoms with Gasteiger partial charge in [0.2, 0.25) is 11.8 Å². The fourth-order valence-corrected chi connectivity index (χ4v) is 1.07. The fraction of sp³-hybridized carbons (Fsp3) is 0.467. The van der Waals surface area contributed by atoms with Gasteiger partial charge in [-0.05, 0) is 27.7 Å². The summed E-state index contributed by atoms with van der Waals surface area (Å²) in [5.41, 5.74) is -0.0257. The van der Waals surface area contributed by atoms with Gasteiger partial charge in [-0.15, -0.1) is 5.92 Å². The average molecular weight is 258 g/mol. The van der Waals surface area contributed by atoms with Crippen LogP contribution < -0.4 is 9.47 Å². The monoisotopic (exact) mass is 258 g/mol. The molecule has 0 aromatic carbocycles. The molecule has 1 rings (SSSR count). The van der Waals surface area contributed by atoms with Crippen molar-refractivity contribution in [2.24, 2.45) is 5.41 Å². The van der Waals surface area contributed by atoms with E-state index in [4.69, 9.17) is 9.47 Å². The van der Waals surface area contributed by atoms with Crippen LogP contribution in [0.15, 0.2) is 12.4 Å². The summed E-state index contributed by atoms with van der Waals surface area (Å²) < 4.78 is 10.7. The molecule has 1 aromatic heterocycles. The van der Waals surface area contributed by atoms with Crippen molar-refractivity contribution in [3.05, 3.63) is 12.4 Å². The summed E-state index contributed by atoms with van der Waals surface area (Å²) in [7, 11) is 0. The van der Waals surface area contributed by atoms with E-state index in [0.717, 1.165) is 0 Å². The van der Waals surface area contributed by atoms with Gasteiger partial charge >= 0.3 is 0 Å². The minimum atomic E-state index is -0.0257. The van der Waals surface area contributed by atoms with E-state index in [0.29, 0.717) is 25.0 Å². The summed E-state index contributed by atoms with van der Waals surface area (Å²) in [6.07, 6.45) is 1.39. The lowest BCUT2D eigenvalue weighted by Gasteiger charge is -2.07. The molecule has 0 fully saturated rings. The summed E-state index contributed by atoms with van der Waals surface area (Å²) in [6, 6.07) is 1.62. The highest BCUT2D eigenvalue weighted by Gasteiger charge is 2.03. The van der Waals surface area contributed by atoms with Crippen LogP contribution in [-0.2, 0) is 0 Å². The van der Waals surface area contributed by atoms with Gasteiger partial charge in [-0.1, -0.05) is 17.8 Å². The van der Waals surface area contributed by atoms with Gasteiger partial charge in [0.05, 0.1) is 6.07 Å². The van der Waals surface area contributed by atoms with Gasteiger partial charge in [0.15, 0.2) is 13.2 Å². The standard InChI is InChI=1S/C15H18N2O2/c1-5-6-9-18-13-11-14(17-12-16-13)19-10-7-8-15(2,3)4/h11-12H,9-10H2,1-4H3. The average Bonchev–Trinajstić information content (AvgIpc) is 2.35. The van der Waals surface area contributed by atoms with Crippen LogP contribution in [0, 0.1) is 29.1 Å². The van der Waals surface area contributed by atoms with Gasteiger partial charge in [0.25, 0.3) is 0 Å². The predicted octanol–water partition coefficient (Wildman–Crippen LogP) is 2.31. The zero-order valence-corrected chi connectivity index (χ0v) is 11.8. The molecule has 0 bridgehead atoms. The first-order chi connectivity index (χ1) is 9.01. The maximum atomic E-state index is 5.41. The van der Waals surface area contributed by atoms with Gasteiger partial charge in [0, 0.05) is 5.41 Å². The number of hydrogen-bond acceptors (Lipinski definition) is 4. The van der Waals surface area contributed by atoms with Crippen LogP contribution in [0.4, 0.5) is 0 Å². The van der Waals surface area contributed by atoms with E-state index < -0.39 is 0 Å². The second kappa shape index (κ2) is 7.28. The third-order valence-corrected chi connectivity index (χ3v) is 1.84. The topological polar surface area (TPSA) is 44.2 Å². The zero-order valence-electron chi connectivity index (χ0n) is 11.8. The molecule has 0 saturated carbocycles. The number of rotatable bonds is 4. The molecule has 0 aliphatic carbocycles. The maximum absolute atomic E-state index is 5.41. The number of hydrogen-bond donors (Lipinski definition) is 0. The minimum absolute atomic E-state index is 0.0257. The largest absolute Gasteiger partial charge is 0.464 e. The molecule has 100 valence electrons. The van der Waals surface area contributed by atoms with Crippen molar-refractivity contribution in [1.29, 1.82) is 0 Å². The van der Waals surface area contributed by atoms with Crippen molar-refractivity contribution < 1.29 is 9.47 Å². The van der Waals surface area contributed by atoms with Crippen molar-refractivity contribution in [3.63, 3.8) is 0 Å². The van der Waals surface area contributed by atoms with E-state index in [2.05, 4.69) is 33.6 Å². The molecular formula is C15H18N2O2. The van der Waals surface area contributed by atoms with Crippen LogP contribution in [-0.4, -0.2) is 23.2 Å². The smallest absolute Gasteiger partial charge is 0.221 e. The Balaban J connectivity index is 2.51. The molecule has 0 unspecified atom stereocenters. The summed E-state index contributed by atoms with van der Waals surface area (Å²) in [6.45, 7) is 8.49. The zero-order chi connectivity index (χ0) is 14.1. The van der Waals surface area contributed by atoms with Crippen LogP contribution >= 0.6 is 0 Å². The first-order valence-corrected chi connectivity index (χ1v) is 5.98. The highest BCUT2D eigenvalue weighted by Crippen LogP contribution is 2.13. The van der Waals surface area contributed by atoms with Crippen LogP contribution in [0.1, 0.15) is 27.7 Å². The maximum Gasteiger partial charge on any atom is 0.221 e. The lowest BCUT2D eigenvalue weighted by molar-refractivity contribution is 0.331. The summed E-state index contributed by atoms with van der Waals surface area (Å²) >= 11 is 0. The number of aromatic nitrogens is 2. The lowest BCUT2D eigenvalue weighted by atomic mass is 9.98. The van der Waals surface area contributed by atoms with Crippen LogP contribution in [0.2, 0.25) is 0 Å². The van der Waals surface area contributed by atoms with Gasteiger partial charge in [-0.2, -0.15) is 0 Å². The third-order valence-electron chi connectivity index (χ3n) is 1.84. The molecule has 0 amide bonds. The van der Waals surface area contributed by atoms with Crippen molar-refractivity contribution in [2.45, 2.75) is 27.7 Å². The Morgan fingerprint density at radius 3 is 2.16 bits per heavy atom. The molecule has 4 nitrogen and oxygen atoms in total. The van der Waals surface area contributed by atoms with E-state index in [1.807, 2.05) is 20.8 Å². The normalized spacial score (nSPS) is 9.68. The summed E-state index contributed by atoms with van der Waals surface area (Å²) in [4.78, 5) is 7.95. The first kappa shape index (κ1) is 14.9. The summed E-state index contributed by atoms with van der Waals surface area (Å²) in [5.74, 6) is 12.4. The Kier molecular flexibility index (Phi) is 5.70. The van der Waals surface area contributed by atoms with Crippen molar-refractivity contribution in [3.8, 4) is 35.4 Å². The molecule has 19 heavy (non-hydrogen) atoms. The molecule has 0 saturated heterocycles. The Morgan fingerprint density at radius 1 is 1.05 bits per heavy atom. The Labute approximate surface area is 114 Å². The van der Waals surface area contributed by atoms with Crippen molar-refractivity contribution in [2.75, 3.05) is 13.2 Å². The Hall–Kier alpha value is -2.20. The van der Waals surface area contributed by atoms with Crippen LogP contribution in [0.3, 0.4) is 0 Å². The van der Waals surface area contributed by atoms with E-state index in [1.165, 1.54) is 6.33 Å². The van der Waals surface area contributed by atoms with Crippen LogP contribution in [0.5, 0.6) is 11.8 Å². The van der Waals surface area contributed by atoms with E-state index >= 15 is 0 Å². The Morgan fingerprint density at radius 2 is 1.63 bits per heavy atom. The predicted molar refractivity (Wildman–Crippen MR) is 73.7 cm³/mol. The fourth-order valence-electron chi connectivity index (χ4n) is 1.07. The molecular weight excluding hydrogens is 240 g/mol. The third kappa shape index (κ3) is 6.95. The second-order valence-electron chi connectivity index (χ2n) is 4.75. The lowest BCUT2D eigenvalue weighted by Crippen LogP contribution is -2.03. The quantitative estimate of drug-likeness (QED) is 0.777. The molecule has 1 heterocycles. The van der Waals surface area contributed by atoms with Gasteiger partial charge in [-0.3, -0.25) is 0 Å². The van der Waals surface area contributed by atoms with Gasteiger partial charge in [-0.25, -0.2) is 9.97 Å². The highest BCUT2D eigenvalue weighted by atomic mass is 16.5. The van der Waals surface area contributed by atoms with Gasteiger partial charge < -0.3 is 9.47 Å². The van der Waals surface area contributed by atoms with Crippen molar-refractivity contribution >= 4 is 0 Å². The van der Waals surface area contributed by atoms with Crippen LogP contribution in [0.25, 0.3) is 0 Å². The molecule has 4 heteroatoms. The number of ether oxygens (including phenoxy) is 2. The SMILES string of the molecule is CC#CCOc1cc(OCC#CC(C)(C)C)ncn1. The molecule has 0 N–H and O–H groups in total. The highest BCUT2D eigenvalue weighted by molar-refractivity contribution is 5.19. The van der Waals surface area contributed by atoms with Gasteiger partial charge in [0.1, 0.15) is 6.33 Å². The Bertz CT molecular complexity index is 525. The molecule has 0 radical (unpaired) electrons. The minimum Gasteiger partial charge on any atom is -0.464 e. The molecule has 0 aliphatic rings. The van der Waals surface area contributed by atoms with Crippen molar-refractivity contribution in [1.82, 2.24) is 9.97 Å². The molecule has 0 aliphatic heterocycles. The van der Waals surface area contributed by atoms with E-state index in [9.17, 15) is 0 Å². The van der Waals surface area contributed by atoms with E-state index in [-0.39, 0.29) is 5.41 Å². The number of nitrogens with zero attached hydrogens (tertiary/aromatic N) is 2. The molecule has 0 spiro atoms. The summed E-state index contributed by atoms with van der Waals surface area (Å²) in [5, 5.41) is 0. The first-order valence-electron chi connectivity index (χ1n) is 5.98. The molecule has 0 atom stereocenters. The molecule has 1 aromatic rings. The second-order valence-corrected chi connectivity index (χ2v) is 4.75.